The Morgan fingerprint density at radius 3 is 2.74 bits per heavy atom. The Morgan fingerprint density at radius 2 is 2.11 bits per heavy atom. The van der Waals surface area contributed by atoms with Crippen LogP contribution in [0.15, 0.2) is 24.3 Å². The van der Waals surface area contributed by atoms with Crippen molar-refractivity contribution in [2.75, 3.05) is 26.2 Å². The predicted octanol–water partition coefficient (Wildman–Crippen LogP) is 2.89. The topological polar surface area (TPSA) is 38.5 Å². The average Bonchev–Trinajstić information content (AvgIpc) is 2.42. The smallest absolute Gasteiger partial charge is 0.119 e. The van der Waals surface area contributed by atoms with Crippen LogP contribution in [0.25, 0.3) is 0 Å². The third-order valence-corrected chi connectivity index (χ3v) is 3.09. The summed E-state index contributed by atoms with van der Waals surface area (Å²) in [5.74, 6) is 1.65. The van der Waals surface area contributed by atoms with E-state index in [0.29, 0.717) is 6.54 Å². The second-order valence-electron chi connectivity index (χ2n) is 5.34. The van der Waals surface area contributed by atoms with Gasteiger partial charge in [-0.1, -0.05) is 32.9 Å². The SMILES string of the molecule is CCN(CCCOc1cccc(CN)c1)CC(C)C. The van der Waals surface area contributed by atoms with Gasteiger partial charge in [0, 0.05) is 19.6 Å². The van der Waals surface area contributed by atoms with Gasteiger partial charge in [0.15, 0.2) is 0 Å². The molecule has 0 aromatic heterocycles. The van der Waals surface area contributed by atoms with Gasteiger partial charge in [-0.3, -0.25) is 0 Å². The van der Waals surface area contributed by atoms with E-state index in [1.165, 1.54) is 6.54 Å². The van der Waals surface area contributed by atoms with Gasteiger partial charge in [0.1, 0.15) is 5.75 Å². The molecule has 19 heavy (non-hydrogen) atoms. The molecule has 0 fully saturated rings. The van der Waals surface area contributed by atoms with Crippen molar-refractivity contribution < 1.29 is 4.74 Å². The fraction of sp³-hybridized carbons (Fsp3) is 0.625. The lowest BCUT2D eigenvalue weighted by atomic mass is 10.2. The van der Waals surface area contributed by atoms with Gasteiger partial charge in [0.2, 0.25) is 0 Å². The highest BCUT2D eigenvalue weighted by molar-refractivity contribution is 5.28. The summed E-state index contributed by atoms with van der Waals surface area (Å²) in [4.78, 5) is 2.48. The third-order valence-electron chi connectivity index (χ3n) is 3.09. The second kappa shape index (κ2) is 8.94. The number of hydrogen-bond acceptors (Lipinski definition) is 3. The maximum atomic E-state index is 5.77. The molecule has 108 valence electrons. The predicted molar refractivity (Wildman–Crippen MR) is 81.4 cm³/mol. The minimum absolute atomic E-state index is 0.565. The molecule has 0 heterocycles. The lowest BCUT2D eigenvalue weighted by molar-refractivity contribution is 0.224. The highest BCUT2D eigenvalue weighted by atomic mass is 16.5. The highest BCUT2D eigenvalue weighted by Crippen LogP contribution is 2.13. The van der Waals surface area contributed by atoms with Crippen molar-refractivity contribution in [2.24, 2.45) is 11.7 Å². The van der Waals surface area contributed by atoms with Crippen LogP contribution in [0.2, 0.25) is 0 Å². The number of nitrogens with zero attached hydrogens (tertiary/aromatic N) is 1. The first-order valence-corrected chi connectivity index (χ1v) is 7.29. The van der Waals surface area contributed by atoms with E-state index in [0.717, 1.165) is 43.3 Å². The van der Waals surface area contributed by atoms with Crippen molar-refractivity contribution >= 4 is 0 Å². The molecular weight excluding hydrogens is 236 g/mol. The Bertz CT molecular complexity index is 352. The van der Waals surface area contributed by atoms with E-state index >= 15 is 0 Å². The average molecular weight is 264 g/mol. The van der Waals surface area contributed by atoms with E-state index in [-0.39, 0.29) is 0 Å². The van der Waals surface area contributed by atoms with Crippen LogP contribution in [-0.4, -0.2) is 31.1 Å². The molecule has 0 atom stereocenters. The van der Waals surface area contributed by atoms with Crippen LogP contribution in [0, 0.1) is 5.92 Å². The standard InChI is InChI=1S/C16H28N2O/c1-4-18(13-14(2)3)9-6-10-19-16-8-5-7-15(11-16)12-17/h5,7-8,11,14H,4,6,9-10,12-13,17H2,1-3H3. The zero-order valence-electron chi connectivity index (χ0n) is 12.6. The lowest BCUT2D eigenvalue weighted by Gasteiger charge is -2.22. The molecule has 0 aliphatic carbocycles. The molecule has 0 radical (unpaired) electrons. The molecule has 0 saturated heterocycles. The lowest BCUT2D eigenvalue weighted by Crippen LogP contribution is -2.29. The van der Waals surface area contributed by atoms with E-state index in [2.05, 4.69) is 25.7 Å². The monoisotopic (exact) mass is 264 g/mol. The van der Waals surface area contributed by atoms with Crippen molar-refractivity contribution in [3.05, 3.63) is 29.8 Å². The number of hydrogen-bond donors (Lipinski definition) is 1. The molecule has 0 amide bonds. The van der Waals surface area contributed by atoms with Gasteiger partial charge in [0.05, 0.1) is 6.61 Å². The van der Waals surface area contributed by atoms with Crippen molar-refractivity contribution in [3.63, 3.8) is 0 Å². The van der Waals surface area contributed by atoms with Gasteiger partial charge < -0.3 is 15.4 Å². The number of ether oxygens (including phenoxy) is 1. The van der Waals surface area contributed by atoms with Crippen LogP contribution < -0.4 is 10.5 Å². The van der Waals surface area contributed by atoms with Gasteiger partial charge in [-0.2, -0.15) is 0 Å². The van der Waals surface area contributed by atoms with Crippen molar-refractivity contribution in [2.45, 2.75) is 33.7 Å². The van der Waals surface area contributed by atoms with Crippen LogP contribution in [0.1, 0.15) is 32.8 Å². The first kappa shape index (κ1) is 16.0. The van der Waals surface area contributed by atoms with Crippen LogP contribution in [0.5, 0.6) is 5.75 Å². The van der Waals surface area contributed by atoms with Crippen molar-refractivity contribution in [1.29, 1.82) is 0 Å². The van der Waals surface area contributed by atoms with E-state index in [1.807, 2.05) is 24.3 Å². The van der Waals surface area contributed by atoms with E-state index < -0.39 is 0 Å². The Hall–Kier alpha value is -1.06. The van der Waals surface area contributed by atoms with Crippen molar-refractivity contribution in [3.8, 4) is 5.75 Å². The highest BCUT2D eigenvalue weighted by Gasteiger charge is 2.04. The second-order valence-corrected chi connectivity index (χ2v) is 5.34. The van der Waals surface area contributed by atoms with E-state index in [9.17, 15) is 0 Å². The Morgan fingerprint density at radius 1 is 1.32 bits per heavy atom. The summed E-state index contributed by atoms with van der Waals surface area (Å²) in [7, 11) is 0. The molecule has 3 nitrogen and oxygen atoms in total. The van der Waals surface area contributed by atoms with Crippen LogP contribution >= 0.6 is 0 Å². The minimum atomic E-state index is 0.565. The molecular formula is C16H28N2O. The summed E-state index contributed by atoms with van der Waals surface area (Å²) in [6.07, 6.45) is 1.06. The summed E-state index contributed by atoms with van der Waals surface area (Å²) < 4.78 is 5.77. The Kier molecular flexibility index (Phi) is 7.53. The van der Waals surface area contributed by atoms with E-state index in [4.69, 9.17) is 10.5 Å². The summed E-state index contributed by atoms with van der Waals surface area (Å²) in [5, 5.41) is 0. The molecule has 2 N–H and O–H groups in total. The number of benzene rings is 1. The molecule has 3 heteroatoms. The summed E-state index contributed by atoms with van der Waals surface area (Å²) >= 11 is 0. The van der Waals surface area contributed by atoms with Gasteiger partial charge in [-0.05, 0) is 36.6 Å². The zero-order chi connectivity index (χ0) is 14.1. The Labute approximate surface area is 117 Å². The normalized spacial score (nSPS) is 11.3. The van der Waals surface area contributed by atoms with E-state index in [1.54, 1.807) is 0 Å². The Balaban J connectivity index is 2.25. The fourth-order valence-electron chi connectivity index (χ4n) is 2.14. The maximum Gasteiger partial charge on any atom is 0.119 e. The van der Waals surface area contributed by atoms with Gasteiger partial charge in [-0.25, -0.2) is 0 Å². The summed E-state index contributed by atoms with van der Waals surface area (Å²) in [6.45, 7) is 11.5. The van der Waals surface area contributed by atoms with Crippen LogP contribution in [-0.2, 0) is 6.54 Å². The summed E-state index contributed by atoms with van der Waals surface area (Å²) in [6, 6.07) is 8.03. The molecule has 1 aromatic carbocycles. The molecule has 1 rings (SSSR count). The molecule has 0 aliphatic heterocycles. The van der Waals surface area contributed by atoms with Gasteiger partial charge >= 0.3 is 0 Å². The largest absolute Gasteiger partial charge is 0.494 e. The molecule has 0 spiro atoms. The third kappa shape index (κ3) is 6.60. The van der Waals surface area contributed by atoms with Gasteiger partial charge in [-0.15, -0.1) is 0 Å². The molecule has 1 aromatic rings. The van der Waals surface area contributed by atoms with Crippen molar-refractivity contribution in [1.82, 2.24) is 4.90 Å². The number of rotatable bonds is 9. The summed E-state index contributed by atoms with van der Waals surface area (Å²) in [5.41, 5.74) is 6.73. The number of nitrogens with two attached hydrogens (primary N) is 1. The quantitative estimate of drug-likeness (QED) is 0.697. The maximum absolute atomic E-state index is 5.77. The fourth-order valence-corrected chi connectivity index (χ4v) is 2.14. The molecule has 0 aliphatic rings. The molecule has 0 bridgehead atoms. The van der Waals surface area contributed by atoms with Gasteiger partial charge in [0.25, 0.3) is 0 Å². The zero-order valence-corrected chi connectivity index (χ0v) is 12.6. The first-order chi connectivity index (χ1) is 9.15. The molecule has 0 unspecified atom stereocenters. The van der Waals surface area contributed by atoms with Crippen LogP contribution in [0.3, 0.4) is 0 Å². The first-order valence-electron chi connectivity index (χ1n) is 7.29. The minimum Gasteiger partial charge on any atom is -0.494 e. The van der Waals surface area contributed by atoms with Crippen LogP contribution in [0.4, 0.5) is 0 Å². The molecule has 0 saturated carbocycles.